The second kappa shape index (κ2) is 10.4. The fourth-order valence-corrected chi connectivity index (χ4v) is 4.42. The summed E-state index contributed by atoms with van der Waals surface area (Å²) in [6, 6.07) is 11.3. The van der Waals surface area contributed by atoms with Crippen LogP contribution in [-0.2, 0) is 11.3 Å². The van der Waals surface area contributed by atoms with E-state index in [1.807, 2.05) is 38.1 Å². The number of carbonyl (C=O) groups excluding carboxylic acids is 1. The molecule has 0 bridgehead atoms. The van der Waals surface area contributed by atoms with E-state index in [9.17, 15) is 9.59 Å². The molecule has 1 aromatic carbocycles. The summed E-state index contributed by atoms with van der Waals surface area (Å²) in [5.74, 6) is 1.62. The molecular weight excluding hydrogens is 488 g/mol. The Morgan fingerprint density at radius 3 is 2.71 bits per heavy atom. The highest BCUT2D eigenvalue weighted by atomic mass is 16.5. The molecule has 4 heterocycles. The summed E-state index contributed by atoms with van der Waals surface area (Å²) in [6.45, 7) is 7.38. The number of methoxy groups -OCH3 is 1. The van der Waals surface area contributed by atoms with Gasteiger partial charge in [-0.2, -0.15) is 9.61 Å². The smallest absolute Gasteiger partial charge is 0.343 e. The van der Waals surface area contributed by atoms with Crippen molar-refractivity contribution < 1.29 is 19.0 Å². The van der Waals surface area contributed by atoms with Crippen LogP contribution in [-0.4, -0.2) is 52.0 Å². The molecule has 0 atom stereocenters. The molecule has 0 radical (unpaired) electrons. The summed E-state index contributed by atoms with van der Waals surface area (Å²) >= 11 is 0. The van der Waals surface area contributed by atoms with Crippen molar-refractivity contribution in [3.8, 4) is 11.5 Å². The zero-order valence-corrected chi connectivity index (χ0v) is 21.8. The van der Waals surface area contributed by atoms with Gasteiger partial charge in [-0.05, 0) is 50.6 Å². The molecule has 1 N–H and O–H groups in total. The van der Waals surface area contributed by atoms with Gasteiger partial charge in [-0.3, -0.25) is 4.79 Å². The molecule has 1 aliphatic rings. The normalized spacial score (nSPS) is 12.8. The molecule has 5 rings (SSSR count). The Hall–Kier alpha value is -4.54. The molecule has 0 fully saturated rings. The van der Waals surface area contributed by atoms with Gasteiger partial charge < -0.3 is 29.0 Å². The maximum Gasteiger partial charge on any atom is 0.343 e. The molecular formula is C27H30N6O5. The van der Waals surface area contributed by atoms with Gasteiger partial charge in [0.2, 0.25) is 5.75 Å². The lowest BCUT2D eigenvalue weighted by Gasteiger charge is -2.32. The fraction of sp³-hybridized carbons (Fsp3) is 0.333. The number of pyridine rings is 1. The topological polar surface area (TPSA) is 112 Å². The Morgan fingerprint density at radius 1 is 1.21 bits per heavy atom. The van der Waals surface area contributed by atoms with E-state index >= 15 is 0 Å². The lowest BCUT2D eigenvalue weighted by molar-refractivity contribution is 0.0528. The number of nitrogens with one attached hydrogen (secondary N) is 1. The van der Waals surface area contributed by atoms with Crippen molar-refractivity contribution in [2.24, 2.45) is 0 Å². The Balaban J connectivity index is 1.64. The summed E-state index contributed by atoms with van der Waals surface area (Å²) in [6.07, 6.45) is 3.19. The molecule has 198 valence electrons. The Morgan fingerprint density at radius 2 is 2.00 bits per heavy atom. The minimum atomic E-state index is -0.527. The number of nitrogens with zero attached hydrogens (tertiary/aromatic N) is 5. The first kappa shape index (κ1) is 25.1. The lowest BCUT2D eigenvalue weighted by atomic mass is 10.2. The minimum Gasteiger partial charge on any atom is -0.497 e. The van der Waals surface area contributed by atoms with E-state index in [-0.39, 0.29) is 23.8 Å². The van der Waals surface area contributed by atoms with Crippen LogP contribution in [0, 0.1) is 0 Å². The number of rotatable bonds is 8. The van der Waals surface area contributed by atoms with Crippen molar-refractivity contribution in [2.45, 2.75) is 33.4 Å². The monoisotopic (exact) mass is 518 g/mol. The second-order valence-corrected chi connectivity index (χ2v) is 9.10. The van der Waals surface area contributed by atoms with E-state index in [0.29, 0.717) is 48.4 Å². The third kappa shape index (κ3) is 4.62. The van der Waals surface area contributed by atoms with Crippen LogP contribution in [0.5, 0.6) is 11.5 Å². The fourth-order valence-electron chi connectivity index (χ4n) is 4.42. The Bertz CT molecular complexity index is 1530. The zero-order chi connectivity index (χ0) is 26.8. The highest BCUT2D eigenvalue weighted by Gasteiger charge is 2.30. The number of hydrogen-bond donors (Lipinski definition) is 1. The average molecular weight is 519 g/mol. The number of fused-ring (bicyclic) bond motifs is 3. The van der Waals surface area contributed by atoms with Gasteiger partial charge in [0.25, 0.3) is 5.56 Å². The van der Waals surface area contributed by atoms with E-state index in [4.69, 9.17) is 19.2 Å². The zero-order valence-electron chi connectivity index (χ0n) is 21.8. The van der Waals surface area contributed by atoms with Gasteiger partial charge in [-0.25, -0.2) is 9.78 Å². The number of carbonyl (C=O) groups is 1. The van der Waals surface area contributed by atoms with Gasteiger partial charge in [0.1, 0.15) is 23.6 Å². The lowest BCUT2D eigenvalue weighted by Crippen LogP contribution is -2.35. The number of esters is 1. The molecule has 0 spiro atoms. The summed E-state index contributed by atoms with van der Waals surface area (Å²) in [5.41, 5.74) is 1.73. The van der Waals surface area contributed by atoms with Crippen LogP contribution < -0.4 is 25.2 Å². The molecule has 38 heavy (non-hydrogen) atoms. The molecule has 3 aromatic heterocycles. The maximum atomic E-state index is 13.1. The van der Waals surface area contributed by atoms with Gasteiger partial charge in [0, 0.05) is 18.8 Å². The van der Waals surface area contributed by atoms with Crippen molar-refractivity contribution in [1.82, 2.24) is 19.2 Å². The molecule has 4 aromatic rings. The van der Waals surface area contributed by atoms with Crippen molar-refractivity contribution in [3.05, 3.63) is 70.3 Å². The predicted octanol–water partition coefficient (Wildman–Crippen LogP) is 3.80. The van der Waals surface area contributed by atoms with Crippen molar-refractivity contribution in [2.75, 3.05) is 37.1 Å². The quantitative estimate of drug-likeness (QED) is 0.348. The van der Waals surface area contributed by atoms with Crippen LogP contribution in [0.3, 0.4) is 0 Å². The van der Waals surface area contributed by atoms with Gasteiger partial charge in [0.05, 0.1) is 26.5 Å². The first-order chi connectivity index (χ1) is 18.4. The highest BCUT2D eigenvalue weighted by molar-refractivity contribution is 5.96. The Kier molecular flexibility index (Phi) is 6.91. The number of anilines is 3. The van der Waals surface area contributed by atoms with Crippen LogP contribution >= 0.6 is 0 Å². The van der Waals surface area contributed by atoms with E-state index in [0.717, 1.165) is 11.3 Å². The third-order valence-corrected chi connectivity index (χ3v) is 6.30. The molecule has 0 saturated heterocycles. The highest BCUT2D eigenvalue weighted by Crippen LogP contribution is 2.40. The molecule has 0 unspecified atom stereocenters. The number of aromatic nitrogens is 4. The van der Waals surface area contributed by atoms with Crippen molar-refractivity contribution in [3.63, 3.8) is 0 Å². The summed E-state index contributed by atoms with van der Waals surface area (Å²) in [7, 11) is 1.63. The molecule has 0 aliphatic carbocycles. The minimum absolute atomic E-state index is 0.0184. The van der Waals surface area contributed by atoms with Gasteiger partial charge in [-0.15, -0.1) is 0 Å². The third-order valence-electron chi connectivity index (χ3n) is 6.30. The van der Waals surface area contributed by atoms with E-state index in [1.54, 1.807) is 41.4 Å². The number of ether oxygens (including phenoxy) is 3. The van der Waals surface area contributed by atoms with Crippen molar-refractivity contribution >= 4 is 28.9 Å². The first-order valence-electron chi connectivity index (χ1n) is 12.5. The summed E-state index contributed by atoms with van der Waals surface area (Å²) in [5, 5.41) is 7.64. The van der Waals surface area contributed by atoms with E-state index in [2.05, 4.69) is 15.3 Å². The Labute approximate surface area is 219 Å². The van der Waals surface area contributed by atoms with E-state index < -0.39 is 5.97 Å². The average Bonchev–Trinajstić information content (AvgIpc) is 3.34. The standard InChI is InChI=1S/C27H30N6O5/c1-5-37-27(35)20-15-28-33-24(20)30-23(29-21-7-6-12-32(17(2)3)26(21)34)22-25(33)31(13-14-38-22)16-18-8-10-19(36-4)11-9-18/h6-12,15,17H,5,13-14,16H2,1-4H3,(H,29,30). The van der Waals surface area contributed by atoms with Gasteiger partial charge in [0.15, 0.2) is 17.3 Å². The van der Waals surface area contributed by atoms with Crippen molar-refractivity contribution in [1.29, 1.82) is 0 Å². The van der Waals surface area contributed by atoms with Crippen LogP contribution in [0.15, 0.2) is 53.6 Å². The largest absolute Gasteiger partial charge is 0.497 e. The molecule has 11 heteroatoms. The van der Waals surface area contributed by atoms with Crippen LogP contribution in [0.1, 0.15) is 42.7 Å². The predicted molar refractivity (Wildman–Crippen MR) is 143 cm³/mol. The summed E-state index contributed by atoms with van der Waals surface area (Å²) < 4.78 is 19.9. The molecule has 11 nitrogen and oxygen atoms in total. The SMILES string of the molecule is CCOC(=O)c1cnn2c3c(c(Nc4cccn(C(C)C)c4=O)nc12)OCCN3Cc1ccc(OC)cc1. The number of hydrogen-bond acceptors (Lipinski definition) is 9. The van der Waals surface area contributed by atoms with Crippen LogP contribution in [0.25, 0.3) is 5.65 Å². The number of benzene rings is 1. The molecule has 0 amide bonds. The molecule has 1 aliphatic heterocycles. The molecule has 0 saturated carbocycles. The van der Waals surface area contributed by atoms with Crippen LogP contribution in [0.2, 0.25) is 0 Å². The van der Waals surface area contributed by atoms with Gasteiger partial charge >= 0.3 is 5.97 Å². The van der Waals surface area contributed by atoms with Crippen LogP contribution in [0.4, 0.5) is 17.3 Å². The first-order valence-corrected chi connectivity index (χ1v) is 12.5. The maximum absolute atomic E-state index is 13.1. The van der Waals surface area contributed by atoms with Gasteiger partial charge in [-0.1, -0.05) is 12.1 Å². The summed E-state index contributed by atoms with van der Waals surface area (Å²) in [4.78, 5) is 32.7. The van der Waals surface area contributed by atoms with E-state index in [1.165, 1.54) is 6.20 Å². The second-order valence-electron chi connectivity index (χ2n) is 9.10.